The molecule has 8 rings (SSSR count). The van der Waals surface area contributed by atoms with Crippen LogP contribution in [0.1, 0.15) is 0 Å². The third-order valence-corrected chi connectivity index (χ3v) is 6.74. The van der Waals surface area contributed by atoms with E-state index in [1.807, 2.05) is 12.3 Å². The van der Waals surface area contributed by atoms with Gasteiger partial charge < -0.3 is 24.4 Å². The summed E-state index contributed by atoms with van der Waals surface area (Å²) in [6.07, 6.45) is 18.4. The summed E-state index contributed by atoms with van der Waals surface area (Å²) in [7, 11) is 4.84. The predicted molar refractivity (Wildman–Crippen MR) is 171 cm³/mol. The van der Waals surface area contributed by atoms with Gasteiger partial charge in [0, 0.05) is 42.6 Å². The molecule has 0 aromatic carbocycles. The van der Waals surface area contributed by atoms with Crippen LogP contribution in [0.2, 0.25) is 0 Å². The third kappa shape index (κ3) is 6.79. The number of nitrogens with two attached hydrogens (primary N) is 1. The van der Waals surface area contributed by atoms with E-state index in [1.165, 1.54) is 54.4 Å². The van der Waals surface area contributed by atoms with E-state index in [4.69, 9.17) is 5.73 Å². The van der Waals surface area contributed by atoms with E-state index in [0.29, 0.717) is 27.8 Å². The third-order valence-electron chi connectivity index (χ3n) is 5.95. The van der Waals surface area contributed by atoms with E-state index in [2.05, 4.69) is 68.6 Å². The lowest BCUT2D eigenvalue weighted by Crippen LogP contribution is -1.85. The normalized spacial score (nSPS) is 10.4. The van der Waals surface area contributed by atoms with Gasteiger partial charge in [0.15, 0.2) is 5.65 Å². The average Bonchev–Trinajstić information content (AvgIpc) is 3.84. The Labute approximate surface area is 255 Å². The Morgan fingerprint density at radius 2 is 1.24 bits per heavy atom. The topological polar surface area (TPSA) is 257 Å². The second-order valence-electron chi connectivity index (χ2n) is 8.71. The number of nitro groups is 2. The first-order valence-electron chi connectivity index (χ1n) is 12.4. The van der Waals surface area contributed by atoms with Crippen molar-refractivity contribution in [1.82, 2.24) is 58.5 Å². The van der Waals surface area contributed by atoms with Crippen LogP contribution in [0.25, 0.3) is 44.1 Å². The highest BCUT2D eigenvalue weighted by atomic mass is 31.0. The Hall–Kier alpha value is -6.06. The van der Waals surface area contributed by atoms with Crippen molar-refractivity contribution in [2.24, 2.45) is 0 Å². The molecule has 45 heavy (non-hydrogen) atoms. The molecule has 2 unspecified atom stereocenters. The Balaban J connectivity index is 0.000000119. The first-order valence-corrected chi connectivity index (χ1v) is 13.4. The van der Waals surface area contributed by atoms with E-state index in [1.54, 1.807) is 22.9 Å². The molecular weight excluding hydrogens is 624 g/mol. The molecule has 0 spiro atoms. The van der Waals surface area contributed by atoms with Crippen LogP contribution in [-0.2, 0) is 0 Å². The first-order chi connectivity index (χ1) is 21.7. The van der Waals surface area contributed by atoms with Crippen LogP contribution >= 0.6 is 18.8 Å². The second-order valence-corrected chi connectivity index (χ2v) is 9.82. The molecule has 0 aliphatic heterocycles. The predicted octanol–water partition coefficient (Wildman–Crippen LogP) is 3.45. The minimum absolute atomic E-state index is 0.00519. The summed E-state index contributed by atoms with van der Waals surface area (Å²) >= 11 is 0. The number of aromatic nitrogens is 12. The highest BCUT2D eigenvalue weighted by molar-refractivity contribution is 7.15. The molecule has 21 heteroatoms. The van der Waals surface area contributed by atoms with Crippen LogP contribution in [0, 0.1) is 20.2 Å². The number of fused-ring (bicyclic) bond motifs is 4. The zero-order valence-electron chi connectivity index (χ0n) is 22.7. The number of nitrogen functional groups attached to an aromatic ring is 1. The first kappa shape index (κ1) is 30.4. The highest BCUT2D eigenvalue weighted by Gasteiger charge is 2.16. The number of anilines is 1. The lowest BCUT2D eigenvalue weighted by Gasteiger charge is -1.90. The molecule has 0 saturated carbocycles. The van der Waals surface area contributed by atoms with Crippen LogP contribution in [0.4, 0.5) is 17.1 Å². The summed E-state index contributed by atoms with van der Waals surface area (Å²) in [5.41, 5.74) is 9.14. The molecule has 0 radical (unpaired) electrons. The Kier molecular flexibility index (Phi) is 9.12. The SMILES string of the molecule is Nc1cn(P)c2ncncc12.O=[N+]([O-])c1c[nH]c2ncncc12.O=[N+]([O-])c1cn(P)c2ncncc12.c1ncc2cc[nH]c2n1. The van der Waals surface area contributed by atoms with Crippen molar-refractivity contribution < 1.29 is 9.85 Å². The van der Waals surface area contributed by atoms with Crippen LogP contribution in [0.3, 0.4) is 0 Å². The van der Waals surface area contributed by atoms with Crippen molar-refractivity contribution in [2.45, 2.75) is 0 Å². The van der Waals surface area contributed by atoms with Gasteiger partial charge in [-0.15, -0.1) is 0 Å². The van der Waals surface area contributed by atoms with Crippen molar-refractivity contribution in [3.63, 3.8) is 0 Å². The number of aromatic amines is 2. The minimum Gasteiger partial charge on any atom is -0.397 e. The number of rotatable bonds is 2. The number of H-pyrrole nitrogens is 2. The molecule has 8 aromatic rings. The molecule has 8 heterocycles. The summed E-state index contributed by atoms with van der Waals surface area (Å²) in [5.74, 6) is 0. The monoisotopic (exact) mass is 645 g/mol. The zero-order chi connectivity index (χ0) is 31.9. The lowest BCUT2D eigenvalue weighted by atomic mass is 10.4. The summed E-state index contributed by atoms with van der Waals surface area (Å²) in [4.78, 5) is 56.6. The molecule has 4 N–H and O–H groups in total. The van der Waals surface area contributed by atoms with E-state index in [0.717, 1.165) is 22.1 Å². The quantitative estimate of drug-likeness (QED) is 0.138. The van der Waals surface area contributed by atoms with Crippen molar-refractivity contribution in [3.8, 4) is 0 Å². The van der Waals surface area contributed by atoms with E-state index in [9.17, 15) is 20.2 Å². The smallest absolute Gasteiger partial charge is 0.298 e. The van der Waals surface area contributed by atoms with Gasteiger partial charge in [0.05, 0.1) is 33.3 Å². The van der Waals surface area contributed by atoms with Gasteiger partial charge in [0.25, 0.3) is 11.4 Å². The van der Waals surface area contributed by atoms with Crippen LogP contribution in [-0.4, -0.2) is 68.4 Å². The van der Waals surface area contributed by atoms with Crippen LogP contribution in [0.5, 0.6) is 0 Å². The van der Waals surface area contributed by atoms with Crippen LogP contribution < -0.4 is 5.73 Å². The maximum Gasteiger partial charge on any atom is 0.298 e. The highest BCUT2D eigenvalue weighted by Crippen LogP contribution is 2.26. The molecule has 0 aliphatic carbocycles. The standard InChI is InChI=1S/C6H5N4O2P.C6H4N4O2.C6H7N4P.C6H5N3/c11-10(12)5-2-9(13)6-4(5)1-7-3-8-6;11-10(12)5-2-8-6-4(5)1-7-3-9-6;7-5-2-10(11)6-4(5)1-8-3-9-6;1-2-8-6-5(1)3-7-4-9-6/h1-3H,13H2;1-3H,(H,7,8,9);1-3H,7,11H2;1-4H,(H,7,8,9). The number of nitrogens with zero attached hydrogens (tertiary/aromatic N) is 12. The van der Waals surface area contributed by atoms with Crippen molar-refractivity contribution in [3.05, 3.63) is 101 Å². The van der Waals surface area contributed by atoms with E-state index >= 15 is 0 Å². The molecule has 8 aromatic heterocycles. The molecule has 0 amide bonds. The van der Waals surface area contributed by atoms with Gasteiger partial charge in [-0.2, -0.15) is 0 Å². The number of hydrogen-bond donors (Lipinski definition) is 3. The second kappa shape index (κ2) is 13.5. The van der Waals surface area contributed by atoms with Gasteiger partial charge >= 0.3 is 0 Å². The molecule has 0 aliphatic rings. The van der Waals surface area contributed by atoms with E-state index in [-0.39, 0.29) is 11.4 Å². The molecule has 0 saturated heterocycles. The van der Waals surface area contributed by atoms with Crippen molar-refractivity contribution in [1.29, 1.82) is 0 Å². The molecule has 226 valence electrons. The van der Waals surface area contributed by atoms with E-state index < -0.39 is 9.85 Å². The van der Waals surface area contributed by atoms with Crippen LogP contribution in [0.15, 0.2) is 81.0 Å². The molecular formula is C24H21N15O4P2. The Bertz CT molecular complexity index is 2200. The summed E-state index contributed by atoms with van der Waals surface area (Å²) in [6, 6.07) is 1.94. The molecule has 19 nitrogen and oxygen atoms in total. The fraction of sp³-hybridized carbons (Fsp3) is 0. The van der Waals surface area contributed by atoms with Crippen molar-refractivity contribution >= 4 is 80.0 Å². The van der Waals surface area contributed by atoms with Gasteiger partial charge in [0.1, 0.15) is 53.0 Å². The Morgan fingerprint density at radius 1 is 0.689 bits per heavy atom. The van der Waals surface area contributed by atoms with Gasteiger partial charge in [-0.25, -0.2) is 39.9 Å². The fourth-order valence-electron chi connectivity index (χ4n) is 3.92. The van der Waals surface area contributed by atoms with Crippen molar-refractivity contribution in [2.75, 3.05) is 5.73 Å². The minimum atomic E-state index is -0.470. The zero-order valence-corrected chi connectivity index (χ0v) is 25.0. The number of hydrogen-bond acceptors (Lipinski definition) is 13. The van der Waals surface area contributed by atoms with Gasteiger partial charge in [0.2, 0.25) is 0 Å². The lowest BCUT2D eigenvalue weighted by molar-refractivity contribution is -0.383. The van der Waals surface area contributed by atoms with Gasteiger partial charge in [-0.3, -0.25) is 20.2 Å². The molecule has 0 fully saturated rings. The van der Waals surface area contributed by atoms with Gasteiger partial charge in [-0.05, 0) is 24.8 Å². The molecule has 2 atom stereocenters. The maximum atomic E-state index is 10.6. The number of nitrogens with one attached hydrogen (secondary N) is 2. The maximum absolute atomic E-state index is 10.6. The molecule has 0 bridgehead atoms. The Morgan fingerprint density at radius 3 is 1.89 bits per heavy atom. The summed E-state index contributed by atoms with van der Waals surface area (Å²) in [5, 5.41) is 23.8. The average molecular weight is 645 g/mol. The summed E-state index contributed by atoms with van der Waals surface area (Å²) in [6.45, 7) is 0. The fourth-order valence-corrected chi connectivity index (χ4v) is 4.63. The largest absolute Gasteiger partial charge is 0.397 e. The van der Waals surface area contributed by atoms with Gasteiger partial charge in [-0.1, -0.05) is 0 Å². The summed E-state index contributed by atoms with van der Waals surface area (Å²) < 4.78 is 3.32.